The summed E-state index contributed by atoms with van der Waals surface area (Å²) in [6.45, 7) is 3.99. The van der Waals surface area contributed by atoms with Crippen molar-refractivity contribution < 1.29 is 4.79 Å². The average molecular weight is 392 g/mol. The first-order chi connectivity index (χ1) is 13.1. The number of aryl methyl sites for hydroxylation is 2. The average Bonchev–Trinajstić information content (AvgIpc) is 3.34. The van der Waals surface area contributed by atoms with Gasteiger partial charge in [-0.05, 0) is 60.4 Å². The molecule has 0 spiro atoms. The number of anilines is 1. The second-order valence-electron chi connectivity index (χ2n) is 6.20. The van der Waals surface area contributed by atoms with E-state index in [2.05, 4.69) is 46.5 Å². The highest BCUT2D eigenvalue weighted by molar-refractivity contribution is 7.19. The molecule has 0 aliphatic heterocycles. The molecular formula is C21H17N3OS2. The number of benzene rings is 1. The van der Waals surface area contributed by atoms with E-state index in [1.165, 1.54) is 11.1 Å². The number of pyridine rings is 1. The van der Waals surface area contributed by atoms with Gasteiger partial charge in [-0.15, -0.1) is 22.7 Å². The predicted octanol–water partition coefficient (Wildman–Crippen LogP) is 5.80. The number of aromatic nitrogens is 2. The summed E-state index contributed by atoms with van der Waals surface area (Å²) in [5.74, 6) is -0.113. The van der Waals surface area contributed by atoms with E-state index in [4.69, 9.17) is 0 Å². The van der Waals surface area contributed by atoms with Crippen molar-refractivity contribution >= 4 is 33.6 Å². The van der Waals surface area contributed by atoms with Gasteiger partial charge in [-0.2, -0.15) is 0 Å². The Bertz CT molecular complexity index is 1100. The summed E-state index contributed by atoms with van der Waals surface area (Å²) >= 11 is 3.20. The van der Waals surface area contributed by atoms with Crippen molar-refractivity contribution in [3.63, 3.8) is 0 Å². The van der Waals surface area contributed by atoms with Crippen LogP contribution in [-0.4, -0.2) is 15.9 Å². The number of nitrogens with one attached hydrogen (secondary N) is 1. The largest absolute Gasteiger partial charge is 0.314 e. The number of hydrogen-bond donors (Lipinski definition) is 1. The molecule has 0 atom stereocenters. The highest BCUT2D eigenvalue weighted by Gasteiger charge is 2.12. The van der Waals surface area contributed by atoms with E-state index in [1.807, 2.05) is 24.7 Å². The third-order valence-corrected chi connectivity index (χ3v) is 6.18. The van der Waals surface area contributed by atoms with Gasteiger partial charge in [-0.25, -0.2) is 0 Å². The summed E-state index contributed by atoms with van der Waals surface area (Å²) in [6, 6.07) is 12.2. The maximum Gasteiger partial charge on any atom is 0.256 e. The van der Waals surface area contributed by atoms with E-state index in [9.17, 15) is 4.79 Å². The fourth-order valence-corrected chi connectivity index (χ4v) is 4.46. The van der Waals surface area contributed by atoms with E-state index in [0.717, 1.165) is 25.9 Å². The second kappa shape index (κ2) is 7.42. The van der Waals surface area contributed by atoms with Gasteiger partial charge < -0.3 is 5.32 Å². The van der Waals surface area contributed by atoms with Crippen LogP contribution in [0, 0.1) is 13.8 Å². The fraction of sp³-hybridized carbons (Fsp3) is 0.0952. The zero-order valence-electron chi connectivity index (χ0n) is 14.9. The summed E-state index contributed by atoms with van der Waals surface area (Å²) in [7, 11) is 0. The molecule has 4 aromatic rings. The van der Waals surface area contributed by atoms with Crippen molar-refractivity contribution in [2.75, 3.05) is 5.32 Å². The minimum atomic E-state index is -0.113. The summed E-state index contributed by atoms with van der Waals surface area (Å²) in [6.07, 6.45) is 5.22. The maximum atomic E-state index is 12.5. The van der Waals surface area contributed by atoms with E-state index >= 15 is 0 Å². The Labute approximate surface area is 165 Å². The predicted molar refractivity (Wildman–Crippen MR) is 113 cm³/mol. The third kappa shape index (κ3) is 3.67. The lowest BCUT2D eigenvalue weighted by atomic mass is 10.0. The van der Waals surface area contributed by atoms with Crippen molar-refractivity contribution in [3.05, 3.63) is 77.2 Å². The van der Waals surface area contributed by atoms with Crippen molar-refractivity contribution in [1.29, 1.82) is 0 Å². The molecule has 0 aliphatic rings. The zero-order chi connectivity index (χ0) is 18.8. The van der Waals surface area contributed by atoms with Crippen molar-refractivity contribution in [2.24, 2.45) is 0 Å². The molecule has 1 amide bonds. The Balaban J connectivity index is 1.60. The van der Waals surface area contributed by atoms with Gasteiger partial charge in [-0.3, -0.25) is 14.8 Å². The summed E-state index contributed by atoms with van der Waals surface area (Å²) in [5.41, 5.74) is 6.88. The number of hydrogen-bond acceptors (Lipinski definition) is 5. The number of thiophene rings is 1. The maximum absolute atomic E-state index is 12.5. The molecule has 4 rings (SSSR count). The number of rotatable bonds is 4. The van der Waals surface area contributed by atoms with Gasteiger partial charge in [0.1, 0.15) is 0 Å². The Morgan fingerprint density at radius 2 is 1.85 bits per heavy atom. The minimum Gasteiger partial charge on any atom is -0.314 e. The number of thiazole rings is 1. The number of carbonyl (C=O) groups is 1. The van der Waals surface area contributed by atoms with Gasteiger partial charge in [0, 0.05) is 29.0 Å². The van der Waals surface area contributed by atoms with Crippen LogP contribution in [0.25, 0.3) is 20.9 Å². The van der Waals surface area contributed by atoms with E-state index < -0.39 is 0 Å². The van der Waals surface area contributed by atoms with Crippen LogP contribution in [0.3, 0.4) is 0 Å². The quantitative estimate of drug-likeness (QED) is 0.478. The lowest BCUT2D eigenvalue weighted by Gasteiger charge is -2.07. The Hall–Kier alpha value is -2.83. The molecule has 0 fully saturated rings. The SMILES string of the molecule is Cc1cnccc1C(=O)Nc1ccc(-c2cc(-c3cncs3)ccc2C)s1. The number of nitrogens with zero attached hydrogens (tertiary/aromatic N) is 2. The first-order valence-electron chi connectivity index (χ1n) is 8.43. The van der Waals surface area contributed by atoms with Gasteiger partial charge in [0.25, 0.3) is 5.91 Å². The van der Waals surface area contributed by atoms with Crippen LogP contribution >= 0.6 is 22.7 Å². The van der Waals surface area contributed by atoms with Gasteiger partial charge in [-0.1, -0.05) is 12.1 Å². The molecule has 3 aromatic heterocycles. The minimum absolute atomic E-state index is 0.113. The van der Waals surface area contributed by atoms with Gasteiger partial charge in [0.05, 0.1) is 15.4 Å². The normalized spacial score (nSPS) is 10.7. The molecule has 3 heterocycles. The van der Waals surface area contributed by atoms with Crippen molar-refractivity contribution in [3.8, 4) is 20.9 Å². The molecule has 0 aliphatic carbocycles. The van der Waals surface area contributed by atoms with Crippen molar-refractivity contribution in [2.45, 2.75) is 13.8 Å². The highest BCUT2D eigenvalue weighted by Crippen LogP contribution is 2.36. The first-order valence-corrected chi connectivity index (χ1v) is 10.1. The molecule has 27 heavy (non-hydrogen) atoms. The first kappa shape index (κ1) is 17.6. The third-order valence-electron chi connectivity index (χ3n) is 4.33. The summed E-state index contributed by atoms with van der Waals surface area (Å²) in [5, 5.41) is 3.82. The van der Waals surface area contributed by atoms with Crippen LogP contribution in [-0.2, 0) is 0 Å². The Morgan fingerprint density at radius 3 is 2.63 bits per heavy atom. The molecular weight excluding hydrogens is 374 g/mol. The Morgan fingerprint density at radius 1 is 0.963 bits per heavy atom. The van der Waals surface area contributed by atoms with Crippen LogP contribution in [0.5, 0.6) is 0 Å². The van der Waals surface area contributed by atoms with Crippen LogP contribution in [0.4, 0.5) is 5.00 Å². The molecule has 0 saturated heterocycles. The molecule has 0 radical (unpaired) electrons. The summed E-state index contributed by atoms with van der Waals surface area (Å²) in [4.78, 5) is 23.0. The van der Waals surface area contributed by atoms with Gasteiger partial charge in [0.15, 0.2) is 0 Å². The molecule has 0 unspecified atom stereocenters. The standard InChI is InChI=1S/C21H17N3OS2/c1-13-3-4-15(19-11-23-12-26-19)9-17(13)18-5-6-20(27-18)24-21(25)16-7-8-22-10-14(16)2/h3-12H,1-2H3,(H,24,25). The topological polar surface area (TPSA) is 54.9 Å². The van der Waals surface area contributed by atoms with Crippen molar-refractivity contribution in [1.82, 2.24) is 9.97 Å². The molecule has 6 heteroatoms. The number of amides is 1. The molecule has 1 aromatic carbocycles. The van der Waals surface area contributed by atoms with Gasteiger partial charge in [0.2, 0.25) is 0 Å². The summed E-state index contributed by atoms with van der Waals surface area (Å²) < 4.78 is 0. The Kier molecular flexibility index (Phi) is 4.83. The van der Waals surface area contributed by atoms with Crippen LogP contribution in [0.2, 0.25) is 0 Å². The number of carbonyl (C=O) groups excluding carboxylic acids is 1. The monoisotopic (exact) mass is 391 g/mol. The second-order valence-corrected chi connectivity index (χ2v) is 8.17. The molecule has 134 valence electrons. The van der Waals surface area contributed by atoms with Crippen LogP contribution in [0.1, 0.15) is 21.5 Å². The van der Waals surface area contributed by atoms with E-state index in [-0.39, 0.29) is 5.91 Å². The smallest absolute Gasteiger partial charge is 0.256 e. The molecule has 0 bridgehead atoms. The fourth-order valence-electron chi connectivity index (χ4n) is 2.86. The van der Waals surface area contributed by atoms with Crippen LogP contribution < -0.4 is 5.32 Å². The molecule has 1 N–H and O–H groups in total. The van der Waals surface area contributed by atoms with Gasteiger partial charge >= 0.3 is 0 Å². The van der Waals surface area contributed by atoms with E-state index in [1.54, 1.807) is 41.1 Å². The molecule has 4 nitrogen and oxygen atoms in total. The lowest BCUT2D eigenvalue weighted by molar-refractivity contribution is 0.102. The zero-order valence-corrected chi connectivity index (χ0v) is 16.5. The lowest BCUT2D eigenvalue weighted by Crippen LogP contribution is -2.12. The van der Waals surface area contributed by atoms with Crippen LogP contribution in [0.15, 0.2) is 60.5 Å². The molecule has 0 saturated carbocycles. The van der Waals surface area contributed by atoms with E-state index in [0.29, 0.717) is 5.56 Å². The highest BCUT2D eigenvalue weighted by atomic mass is 32.1.